The van der Waals surface area contributed by atoms with E-state index in [-0.39, 0.29) is 23.2 Å². The lowest BCUT2D eigenvalue weighted by Gasteiger charge is -2.28. The van der Waals surface area contributed by atoms with Gasteiger partial charge in [-0.15, -0.1) is 0 Å². The molecular formula is C14H22FNO2. The van der Waals surface area contributed by atoms with Gasteiger partial charge in [-0.2, -0.15) is 0 Å². The minimum absolute atomic E-state index is 0.0420. The first kappa shape index (κ1) is 14.9. The first-order valence-electron chi connectivity index (χ1n) is 5.99. The van der Waals surface area contributed by atoms with Crippen LogP contribution in [-0.4, -0.2) is 26.9 Å². The van der Waals surface area contributed by atoms with Crippen molar-refractivity contribution in [2.75, 3.05) is 21.3 Å². The molecule has 0 aliphatic rings. The van der Waals surface area contributed by atoms with Crippen LogP contribution in [0.2, 0.25) is 0 Å². The Bertz CT molecular complexity index is 393. The van der Waals surface area contributed by atoms with Crippen molar-refractivity contribution in [1.29, 1.82) is 0 Å². The summed E-state index contributed by atoms with van der Waals surface area (Å²) in [6.45, 7) is 4.02. The number of hydrogen-bond donors (Lipinski definition) is 1. The Kier molecular flexibility index (Phi) is 5.11. The minimum Gasteiger partial charge on any atom is -0.494 e. The van der Waals surface area contributed by atoms with E-state index >= 15 is 0 Å². The van der Waals surface area contributed by atoms with Crippen molar-refractivity contribution >= 4 is 0 Å². The maximum Gasteiger partial charge on any atom is 0.165 e. The zero-order chi connectivity index (χ0) is 13.8. The molecule has 0 saturated heterocycles. The number of halogens is 1. The van der Waals surface area contributed by atoms with Crippen molar-refractivity contribution in [2.45, 2.75) is 31.9 Å². The van der Waals surface area contributed by atoms with E-state index < -0.39 is 0 Å². The Morgan fingerprint density at radius 3 is 2.44 bits per heavy atom. The smallest absolute Gasteiger partial charge is 0.165 e. The van der Waals surface area contributed by atoms with Crippen molar-refractivity contribution in [3.63, 3.8) is 0 Å². The lowest BCUT2D eigenvalue weighted by molar-refractivity contribution is 0.00741. The van der Waals surface area contributed by atoms with Crippen molar-refractivity contribution < 1.29 is 13.9 Å². The Hall–Kier alpha value is -1.13. The fourth-order valence-electron chi connectivity index (χ4n) is 1.86. The fraction of sp³-hybridized carbons (Fsp3) is 0.571. The normalized spacial score (nSPS) is 13.4. The number of ether oxygens (including phenoxy) is 2. The molecule has 1 N–H and O–H groups in total. The number of nitrogens with one attached hydrogen (secondary N) is 1. The van der Waals surface area contributed by atoms with Crippen molar-refractivity contribution in [1.82, 2.24) is 5.32 Å². The van der Waals surface area contributed by atoms with E-state index in [4.69, 9.17) is 9.47 Å². The molecule has 0 radical (unpaired) electrons. The van der Waals surface area contributed by atoms with Gasteiger partial charge in [0.15, 0.2) is 11.6 Å². The molecule has 1 rings (SSSR count). The van der Waals surface area contributed by atoms with Crippen LogP contribution in [-0.2, 0) is 4.74 Å². The first-order valence-corrected chi connectivity index (χ1v) is 5.99. The van der Waals surface area contributed by atoms with Gasteiger partial charge in [0.2, 0.25) is 0 Å². The first-order chi connectivity index (χ1) is 8.43. The van der Waals surface area contributed by atoms with Crippen molar-refractivity contribution in [2.24, 2.45) is 0 Å². The summed E-state index contributed by atoms with van der Waals surface area (Å²) in [6, 6.07) is 5.07. The third-order valence-corrected chi connectivity index (χ3v) is 3.17. The van der Waals surface area contributed by atoms with Crippen LogP contribution in [0.5, 0.6) is 5.75 Å². The molecule has 102 valence electrons. The summed E-state index contributed by atoms with van der Waals surface area (Å²) in [7, 11) is 5.00. The summed E-state index contributed by atoms with van der Waals surface area (Å²) in [5.74, 6) is -0.0786. The summed E-state index contributed by atoms with van der Waals surface area (Å²) < 4.78 is 24.0. The highest BCUT2D eigenvalue weighted by molar-refractivity contribution is 5.31. The molecule has 1 aromatic rings. The van der Waals surface area contributed by atoms with Gasteiger partial charge in [-0.1, -0.05) is 6.07 Å². The molecule has 0 spiro atoms. The Labute approximate surface area is 108 Å². The van der Waals surface area contributed by atoms with Gasteiger partial charge in [-0.3, -0.25) is 0 Å². The zero-order valence-electron chi connectivity index (χ0n) is 11.7. The van der Waals surface area contributed by atoms with Crippen LogP contribution in [0.25, 0.3) is 0 Å². The Balaban J connectivity index is 2.92. The van der Waals surface area contributed by atoms with E-state index in [1.165, 1.54) is 13.2 Å². The van der Waals surface area contributed by atoms with Crippen LogP contribution in [0, 0.1) is 5.82 Å². The summed E-state index contributed by atoms with van der Waals surface area (Å²) >= 11 is 0. The number of rotatable bonds is 6. The van der Waals surface area contributed by atoms with Crippen LogP contribution in [0.3, 0.4) is 0 Å². The van der Waals surface area contributed by atoms with Crippen LogP contribution in [0.4, 0.5) is 4.39 Å². The van der Waals surface area contributed by atoms with Gasteiger partial charge in [0, 0.05) is 13.2 Å². The summed E-state index contributed by atoms with van der Waals surface area (Å²) in [4.78, 5) is 0. The van der Waals surface area contributed by atoms with Gasteiger partial charge >= 0.3 is 0 Å². The van der Waals surface area contributed by atoms with Crippen molar-refractivity contribution in [3.8, 4) is 5.75 Å². The molecule has 0 heterocycles. The molecule has 0 aliphatic heterocycles. The third-order valence-electron chi connectivity index (χ3n) is 3.17. The second kappa shape index (κ2) is 6.16. The molecule has 1 atom stereocenters. The second-order valence-corrected chi connectivity index (χ2v) is 4.90. The molecule has 4 heteroatoms. The topological polar surface area (TPSA) is 30.5 Å². The van der Waals surface area contributed by atoms with Gasteiger partial charge < -0.3 is 14.8 Å². The van der Waals surface area contributed by atoms with E-state index in [9.17, 15) is 4.39 Å². The molecule has 0 bridgehead atoms. The monoisotopic (exact) mass is 255 g/mol. The number of hydrogen-bond acceptors (Lipinski definition) is 3. The van der Waals surface area contributed by atoms with Gasteiger partial charge in [-0.05, 0) is 45.0 Å². The average molecular weight is 255 g/mol. The van der Waals surface area contributed by atoms with Gasteiger partial charge in [-0.25, -0.2) is 4.39 Å². The third kappa shape index (κ3) is 3.68. The molecular weight excluding hydrogens is 233 g/mol. The predicted octanol–water partition coefficient (Wildman–Crippen LogP) is 2.91. The van der Waals surface area contributed by atoms with Crippen molar-refractivity contribution in [3.05, 3.63) is 29.6 Å². The summed E-state index contributed by atoms with van der Waals surface area (Å²) in [5, 5.41) is 3.19. The lowest BCUT2D eigenvalue weighted by Crippen LogP contribution is -2.30. The molecule has 0 amide bonds. The molecule has 3 nitrogen and oxygen atoms in total. The number of benzene rings is 1. The Morgan fingerprint density at radius 2 is 2.00 bits per heavy atom. The highest BCUT2D eigenvalue weighted by Gasteiger charge is 2.23. The Morgan fingerprint density at radius 1 is 1.33 bits per heavy atom. The van der Waals surface area contributed by atoms with Crippen LogP contribution in [0.1, 0.15) is 31.9 Å². The van der Waals surface area contributed by atoms with Gasteiger partial charge in [0.25, 0.3) is 0 Å². The maximum atomic E-state index is 13.7. The molecule has 0 saturated carbocycles. The molecule has 0 aliphatic carbocycles. The quantitative estimate of drug-likeness (QED) is 0.847. The largest absolute Gasteiger partial charge is 0.494 e. The van der Waals surface area contributed by atoms with E-state index in [0.29, 0.717) is 0 Å². The molecule has 18 heavy (non-hydrogen) atoms. The molecule has 0 fully saturated rings. The SMILES string of the molecule is CNC(CC(C)(C)OC)c1ccc(OC)c(F)c1. The van der Waals surface area contributed by atoms with Crippen LogP contribution in [0.15, 0.2) is 18.2 Å². The molecule has 1 unspecified atom stereocenters. The van der Waals surface area contributed by atoms with E-state index in [0.717, 1.165) is 12.0 Å². The van der Waals surface area contributed by atoms with Crippen LogP contribution < -0.4 is 10.1 Å². The predicted molar refractivity (Wildman–Crippen MR) is 70.5 cm³/mol. The standard InChI is InChI=1S/C14H22FNO2/c1-14(2,18-5)9-12(16-3)10-6-7-13(17-4)11(15)8-10/h6-8,12,16H,9H2,1-5H3. The zero-order valence-corrected chi connectivity index (χ0v) is 11.7. The highest BCUT2D eigenvalue weighted by atomic mass is 19.1. The second-order valence-electron chi connectivity index (χ2n) is 4.90. The van der Waals surface area contributed by atoms with Crippen LogP contribution >= 0.6 is 0 Å². The lowest BCUT2D eigenvalue weighted by atomic mass is 9.93. The highest BCUT2D eigenvalue weighted by Crippen LogP contribution is 2.28. The average Bonchev–Trinajstić information content (AvgIpc) is 2.36. The van der Waals surface area contributed by atoms with E-state index in [1.807, 2.05) is 27.0 Å². The summed E-state index contributed by atoms with van der Waals surface area (Å²) in [5.41, 5.74) is 0.630. The molecule has 1 aromatic carbocycles. The van der Waals surface area contributed by atoms with E-state index in [1.54, 1.807) is 13.2 Å². The molecule has 0 aromatic heterocycles. The van der Waals surface area contributed by atoms with Gasteiger partial charge in [0.1, 0.15) is 0 Å². The van der Waals surface area contributed by atoms with Gasteiger partial charge in [0.05, 0.1) is 12.7 Å². The van der Waals surface area contributed by atoms with E-state index in [2.05, 4.69) is 5.32 Å². The fourth-order valence-corrected chi connectivity index (χ4v) is 1.86. The minimum atomic E-state index is -0.342. The number of methoxy groups -OCH3 is 2. The summed E-state index contributed by atoms with van der Waals surface area (Å²) in [6.07, 6.45) is 0.756. The maximum absolute atomic E-state index is 13.7.